The van der Waals surface area contributed by atoms with Crippen LogP contribution in [0.1, 0.15) is 63.4 Å². The summed E-state index contributed by atoms with van der Waals surface area (Å²) in [6.07, 6.45) is 4.87. The topological polar surface area (TPSA) is 68.1 Å². The minimum atomic E-state index is -0.0536. The molecule has 0 unspecified atom stereocenters. The first kappa shape index (κ1) is 14.8. The standard InChI is InChI=1S/C17H24N4O2/c1-11(2)13-15(23)21-10-7-17(16(21)19-18-13)5-8-20(9-6-17)14(22)12-3-4-12/h11-12H,3-10H2,1-2H3. The normalized spacial score (nSPS) is 22.7. The number of piperidine rings is 1. The molecule has 23 heavy (non-hydrogen) atoms. The number of rotatable bonds is 2. The van der Waals surface area contributed by atoms with Crippen molar-refractivity contribution in [2.75, 3.05) is 13.1 Å². The van der Waals surface area contributed by atoms with Crippen LogP contribution in [0.2, 0.25) is 0 Å². The number of carbonyl (C=O) groups excluding carboxylic acids is 1. The quantitative estimate of drug-likeness (QED) is 0.828. The largest absolute Gasteiger partial charge is 0.342 e. The lowest BCUT2D eigenvalue weighted by molar-refractivity contribution is -0.134. The lowest BCUT2D eigenvalue weighted by atomic mass is 9.76. The van der Waals surface area contributed by atoms with Crippen LogP contribution in [0, 0.1) is 5.92 Å². The first-order valence-electron chi connectivity index (χ1n) is 8.78. The molecule has 6 nitrogen and oxygen atoms in total. The van der Waals surface area contributed by atoms with Crippen molar-refractivity contribution >= 4 is 5.91 Å². The SMILES string of the molecule is CC(C)c1nnc2n(c1=O)CCC21CCN(C(=O)C2CC2)CC1. The molecule has 3 heterocycles. The second-order valence-electron chi connectivity index (χ2n) is 7.65. The second kappa shape index (κ2) is 5.14. The highest BCUT2D eigenvalue weighted by Crippen LogP contribution is 2.42. The molecule has 3 aliphatic rings. The molecule has 2 aliphatic heterocycles. The molecule has 0 N–H and O–H groups in total. The van der Waals surface area contributed by atoms with Crippen LogP contribution in [0.25, 0.3) is 0 Å². The van der Waals surface area contributed by atoms with Crippen molar-refractivity contribution in [1.29, 1.82) is 0 Å². The summed E-state index contributed by atoms with van der Waals surface area (Å²) in [5, 5.41) is 8.67. The first-order valence-corrected chi connectivity index (χ1v) is 8.78. The molecular weight excluding hydrogens is 292 g/mol. The summed E-state index contributed by atoms with van der Waals surface area (Å²) in [5.74, 6) is 1.57. The van der Waals surface area contributed by atoms with Crippen molar-refractivity contribution in [1.82, 2.24) is 19.7 Å². The fourth-order valence-electron chi connectivity index (χ4n) is 4.05. The van der Waals surface area contributed by atoms with Gasteiger partial charge in [0.2, 0.25) is 5.91 Å². The highest BCUT2D eigenvalue weighted by molar-refractivity contribution is 5.81. The van der Waals surface area contributed by atoms with Gasteiger partial charge >= 0.3 is 0 Å². The van der Waals surface area contributed by atoms with Gasteiger partial charge in [-0.05, 0) is 32.1 Å². The number of nitrogens with zero attached hydrogens (tertiary/aromatic N) is 4. The molecule has 1 aromatic heterocycles. The lowest BCUT2D eigenvalue weighted by Crippen LogP contribution is -2.45. The maximum absolute atomic E-state index is 12.6. The molecular formula is C17H24N4O2. The molecule has 0 radical (unpaired) electrons. The molecule has 1 aliphatic carbocycles. The van der Waals surface area contributed by atoms with Crippen LogP contribution in [0.3, 0.4) is 0 Å². The Labute approximate surface area is 135 Å². The number of carbonyl (C=O) groups is 1. The van der Waals surface area contributed by atoms with Crippen LogP contribution in [0.4, 0.5) is 0 Å². The molecule has 1 saturated heterocycles. The predicted octanol–water partition coefficient (Wildman–Crippen LogP) is 1.44. The van der Waals surface area contributed by atoms with Crippen molar-refractivity contribution in [3.63, 3.8) is 0 Å². The van der Waals surface area contributed by atoms with Gasteiger partial charge in [-0.15, -0.1) is 10.2 Å². The maximum atomic E-state index is 12.6. The van der Waals surface area contributed by atoms with Gasteiger partial charge in [-0.2, -0.15) is 0 Å². The highest BCUT2D eigenvalue weighted by atomic mass is 16.2. The third-order valence-corrected chi connectivity index (χ3v) is 5.77. The third-order valence-electron chi connectivity index (χ3n) is 5.77. The number of hydrogen-bond acceptors (Lipinski definition) is 4. The van der Waals surface area contributed by atoms with E-state index in [1.54, 1.807) is 0 Å². The van der Waals surface area contributed by atoms with E-state index in [4.69, 9.17) is 0 Å². The van der Waals surface area contributed by atoms with Crippen LogP contribution in [0.15, 0.2) is 4.79 Å². The fraction of sp³-hybridized carbons (Fsp3) is 0.765. The van der Waals surface area contributed by atoms with E-state index < -0.39 is 0 Å². The zero-order valence-electron chi connectivity index (χ0n) is 13.9. The highest BCUT2D eigenvalue weighted by Gasteiger charge is 2.46. The maximum Gasteiger partial charge on any atom is 0.275 e. The van der Waals surface area contributed by atoms with E-state index in [1.165, 1.54) is 0 Å². The van der Waals surface area contributed by atoms with E-state index in [0.29, 0.717) is 11.6 Å². The average Bonchev–Trinajstić information content (AvgIpc) is 3.33. The summed E-state index contributed by atoms with van der Waals surface area (Å²) in [4.78, 5) is 26.8. The molecule has 0 aromatic carbocycles. The van der Waals surface area contributed by atoms with Gasteiger partial charge in [-0.25, -0.2) is 0 Å². The van der Waals surface area contributed by atoms with Crippen LogP contribution in [-0.4, -0.2) is 38.7 Å². The lowest BCUT2D eigenvalue weighted by Gasteiger charge is -2.38. The molecule has 1 saturated carbocycles. The molecule has 4 rings (SSSR count). The summed E-state index contributed by atoms with van der Waals surface area (Å²) in [5.41, 5.74) is 0.535. The third kappa shape index (κ3) is 2.30. The Morgan fingerprint density at radius 1 is 1.13 bits per heavy atom. The number of hydrogen-bond donors (Lipinski definition) is 0. The minimum Gasteiger partial charge on any atom is -0.342 e. The van der Waals surface area contributed by atoms with Gasteiger partial charge in [0.05, 0.1) is 0 Å². The average molecular weight is 316 g/mol. The molecule has 0 atom stereocenters. The summed E-state index contributed by atoms with van der Waals surface area (Å²) in [6, 6.07) is 0. The van der Waals surface area contributed by atoms with E-state index >= 15 is 0 Å². The molecule has 1 spiro atoms. The summed E-state index contributed by atoms with van der Waals surface area (Å²) in [7, 11) is 0. The minimum absolute atomic E-state index is 0.0263. The van der Waals surface area contributed by atoms with Gasteiger partial charge in [0.1, 0.15) is 11.5 Å². The molecule has 1 amide bonds. The summed E-state index contributed by atoms with van der Waals surface area (Å²) in [6.45, 7) is 6.27. The molecule has 6 heteroatoms. The second-order valence-corrected chi connectivity index (χ2v) is 7.65. The fourth-order valence-corrected chi connectivity index (χ4v) is 4.05. The smallest absolute Gasteiger partial charge is 0.275 e. The molecule has 124 valence electrons. The van der Waals surface area contributed by atoms with Crippen LogP contribution < -0.4 is 5.56 Å². The van der Waals surface area contributed by atoms with Crippen LogP contribution >= 0.6 is 0 Å². The first-order chi connectivity index (χ1) is 11.0. The monoisotopic (exact) mass is 316 g/mol. The van der Waals surface area contributed by atoms with Gasteiger partial charge in [0.25, 0.3) is 5.56 Å². The van der Waals surface area contributed by atoms with E-state index in [9.17, 15) is 9.59 Å². The van der Waals surface area contributed by atoms with Crippen molar-refractivity contribution in [2.24, 2.45) is 5.92 Å². The molecule has 1 aromatic rings. The Kier molecular flexibility index (Phi) is 3.32. The van der Waals surface area contributed by atoms with E-state index in [2.05, 4.69) is 10.2 Å². The Hall–Kier alpha value is -1.72. The number of fused-ring (bicyclic) bond motifs is 2. The predicted molar refractivity (Wildman–Crippen MR) is 85.2 cm³/mol. The van der Waals surface area contributed by atoms with E-state index in [0.717, 1.165) is 57.6 Å². The molecule has 0 bridgehead atoms. The van der Waals surface area contributed by atoms with Crippen molar-refractivity contribution in [3.8, 4) is 0 Å². The Morgan fingerprint density at radius 3 is 2.39 bits per heavy atom. The number of aromatic nitrogens is 3. The summed E-state index contributed by atoms with van der Waals surface area (Å²) >= 11 is 0. The van der Waals surface area contributed by atoms with Crippen molar-refractivity contribution < 1.29 is 4.79 Å². The summed E-state index contributed by atoms with van der Waals surface area (Å²) < 4.78 is 1.83. The molecule has 2 fully saturated rings. The van der Waals surface area contributed by atoms with Crippen molar-refractivity contribution in [2.45, 2.75) is 63.8 Å². The number of amides is 1. The van der Waals surface area contributed by atoms with Gasteiger partial charge < -0.3 is 4.90 Å². The number of likely N-dealkylation sites (tertiary alicyclic amines) is 1. The zero-order valence-corrected chi connectivity index (χ0v) is 13.9. The van der Waals surface area contributed by atoms with E-state index in [-0.39, 0.29) is 22.8 Å². The van der Waals surface area contributed by atoms with Crippen molar-refractivity contribution in [3.05, 3.63) is 21.9 Å². The Balaban J connectivity index is 1.58. The van der Waals surface area contributed by atoms with Gasteiger partial charge in [0, 0.05) is 36.9 Å². The zero-order chi connectivity index (χ0) is 16.2. The Morgan fingerprint density at radius 2 is 1.78 bits per heavy atom. The van der Waals surface area contributed by atoms with Gasteiger partial charge in [-0.1, -0.05) is 13.8 Å². The van der Waals surface area contributed by atoms with Gasteiger partial charge in [0.15, 0.2) is 0 Å². The van der Waals surface area contributed by atoms with Crippen LogP contribution in [-0.2, 0) is 16.8 Å². The van der Waals surface area contributed by atoms with E-state index in [1.807, 2.05) is 23.3 Å². The Bertz CT molecular complexity index is 697. The van der Waals surface area contributed by atoms with Gasteiger partial charge in [-0.3, -0.25) is 14.2 Å². The van der Waals surface area contributed by atoms with Crippen LogP contribution in [0.5, 0.6) is 0 Å².